The number of carbonyl (C=O) groups is 1. The third-order valence-corrected chi connectivity index (χ3v) is 5.19. The number of benzene rings is 3. The van der Waals surface area contributed by atoms with Gasteiger partial charge in [-0.15, -0.1) is 0 Å². The second-order valence-corrected chi connectivity index (χ2v) is 7.42. The molecule has 0 spiro atoms. The summed E-state index contributed by atoms with van der Waals surface area (Å²) in [4.78, 5) is 13.0. The van der Waals surface area contributed by atoms with Crippen molar-refractivity contribution in [1.29, 1.82) is 0 Å². The highest BCUT2D eigenvalue weighted by Gasteiger charge is 2.39. The van der Waals surface area contributed by atoms with Crippen LogP contribution in [-0.4, -0.2) is 24.3 Å². The van der Waals surface area contributed by atoms with Crippen molar-refractivity contribution in [1.82, 2.24) is 5.43 Å². The molecule has 29 heavy (non-hydrogen) atoms. The van der Waals surface area contributed by atoms with Crippen LogP contribution >= 0.6 is 27.5 Å². The molecule has 0 heterocycles. The summed E-state index contributed by atoms with van der Waals surface area (Å²) >= 11 is 9.54. The van der Waals surface area contributed by atoms with Crippen LogP contribution in [0.4, 0.5) is 0 Å². The van der Waals surface area contributed by atoms with E-state index in [2.05, 4.69) is 26.5 Å². The number of hydrazone groups is 1. The zero-order valence-electron chi connectivity index (χ0n) is 15.5. The lowest BCUT2D eigenvalue weighted by molar-refractivity contribution is -0.136. The Bertz CT molecular complexity index is 964. The monoisotopic (exact) mass is 472 g/mol. The molecule has 0 radical (unpaired) electrons. The van der Waals surface area contributed by atoms with Crippen LogP contribution in [0.25, 0.3) is 0 Å². The van der Waals surface area contributed by atoms with Gasteiger partial charge < -0.3 is 9.84 Å². The van der Waals surface area contributed by atoms with Gasteiger partial charge >= 0.3 is 0 Å². The molecule has 3 aromatic carbocycles. The smallest absolute Gasteiger partial charge is 0.281 e. The number of hydrogen-bond donors (Lipinski definition) is 2. The number of rotatable bonds is 6. The van der Waals surface area contributed by atoms with E-state index in [1.165, 1.54) is 13.3 Å². The summed E-state index contributed by atoms with van der Waals surface area (Å²) in [7, 11) is 1.52. The summed E-state index contributed by atoms with van der Waals surface area (Å²) in [6.07, 6.45) is 1.43. The molecule has 0 unspecified atom stereocenters. The molecule has 0 aliphatic rings. The molecule has 0 saturated heterocycles. The minimum absolute atomic E-state index is 0.403. The van der Waals surface area contributed by atoms with Gasteiger partial charge in [-0.2, -0.15) is 5.10 Å². The van der Waals surface area contributed by atoms with E-state index in [-0.39, 0.29) is 0 Å². The molecule has 148 valence electrons. The van der Waals surface area contributed by atoms with Crippen LogP contribution in [0.2, 0.25) is 5.02 Å². The normalized spacial score (nSPS) is 11.4. The van der Waals surface area contributed by atoms with Gasteiger partial charge in [-0.1, -0.05) is 72.3 Å². The van der Waals surface area contributed by atoms with Crippen LogP contribution in [0.15, 0.2) is 82.4 Å². The Kier molecular flexibility index (Phi) is 6.69. The first-order valence-electron chi connectivity index (χ1n) is 8.66. The van der Waals surface area contributed by atoms with Gasteiger partial charge in [-0.25, -0.2) is 5.43 Å². The Labute approximate surface area is 182 Å². The molecule has 0 aliphatic heterocycles. The zero-order valence-corrected chi connectivity index (χ0v) is 17.8. The number of aliphatic hydroxyl groups is 1. The molecular weight excluding hydrogens is 456 g/mol. The molecule has 0 saturated carbocycles. The molecule has 7 heteroatoms. The van der Waals surface area contributed by atoms with E-state index in [1.54, 1.807) is 60.7 Å². The van der Waals surface area contributed by atoms with Crippen molar-refractivity contribution >= 4 is 39.7 Å². The number of amides is 1. The van der Waals surface area contributed by atoms with Crippen LogP contribution in [-0.2, 0) is 10.4 Å². The first kappa shape index (κ1) is 21.0. The summed E-state index contributed by atoms with van der Waals surface area (Å²) in [5.41, 5.74) is 2.06. The largest absolute Gasteiger partial charge is 0.494 e. The summed E-state index contributed by atoms with van der Waals surface area (Å²) in [5, 5.41) is 15.7. The van der Waals surface area contributed by atoms with E-state index in [0.29, 0.717) is 31.9 Å². The summed E-state index contributed by atoms with van der Waals surface area (Å²) in [5.74, 6) is -0.166. The average Bonchev–Trinajstić information content (AvgIpc) is 2.74. The average molecular weight is 474 g/mol. The van der Waals surface area contributed by atoms with Gasteiger partial charge in [-0.3, -0.25) is 4.79 Å². The molecule has 3 rings (SSSR count). The van der Waals surface area contributed by atoms with Crippen molar-refractivity contribution in [3.8, 4) is 5.75 Å². The molecule has 0 atom stereocenters. The maximum Gasteiger partial charge on any atom is 0.281 e. The third kappa shape index (κ3) is 4.50. The molecule has 0 aromatic heterocycles. The molecule has 2 N–H and O–H groups in total. The fourth-order valence-corrected chi connectivity index (χ4v) is 3.94. The maximum absolute atomic E-state index is 13.0. The van der Waals surface area contributed by atoms with Crippen molar-refractivity contribution < 1.29 is 14.6 Å². The van der Waals surface area contributed by atoms with Crippen molar-refractivity contribution in [2.75, 3.05) is 7.11 Å². The quantitative estimate of drug-likeness (QED) is 0.409. The number of methoxy groups -OCH3 is 1. The number of nitrogens with one attached hydrogen (secondary N) is 1. The SMILES string of the molecule is COc1c(Cl)cc(/C=N/NC(=O)C(O)(c2ccccc2)c2ccccc2)cc1Br. The van der Waals surface area contributed by atoms with Gasteiger partial charge in [0.25, 0.3) is 5.91 Å². The van der Waals surface area contributed by atoms with Crippen LogP contribution in [0.5, 0.6) is 5.75 Å². The number of halogens is 2. The minimum atomic E-state index is -1.89. The van der Waals surface area contributed by atoms with Crippen LogP contribution in [0, 0.1) is 0 Å². The first-order chi connectivity index (χ1) is 14.0. The standard InChI is InChI=1S/C22H18BrClN2O3/c1-29-20-18(23)12-15(13-19(20)24)14-25-26-21(27)22(28,16-8-4-2-5-9-16)17-10-6-3-7-11-17/h2-14,28H,1H3,(H,26,27)/b25-14+. The van der Waals surface area contributed by atoms with E-state index in [0.717, 1.165) is 0 Å². The Hall–Kier alpha value is -2.67. The van der Waals surface area contributed by atoms with Gasteiger partial charge in [0.1, 0.15) is 0 Å². The first-order valence-corrected chi connectivity index (χ1v) is 9.84. The van der Waals surface area contributed by atoms with Crippen LogP contribution in [0.3, 0.4) is 0 Å². The van der Waals surface area contributed by atoms with Gasteiger partial charge in [0, 0.05) is 0 Å². The Morgan fingerprint density at radius 2 is 1.66 bits per heavy atom. The van der Waals surface area contributed by atoms with Crippen LogP contribution in [0.1, 0.15) is 16.7 Å². The van der Waals surface area contributed by atoms with E-state index >= 15 is 0 Å². The van der Waals surface area contributed by atoms with Gasteiger partial charge in [-0.05, 0) is 44.8 Å². The molecular formula is C22H18BrClN2O3. The molecule has 5 nitrogen and oxygen atoms in total. The van der Waals surface area contributed by atoms with E-state index in [4.69, 9.17) is 16.3 Å². The van der Waals surface area contributed by atoms with E-state index < -0.39 is 11.5 Å². The van der Waals surface area contributed by atoms with Gasteiger partial charge in [0.05, 0.1) is 22.8 Å². The fraction of sp³-hybridized carbons (Fsp3) is 0.0909. The van der Waals surface area contributed by atoms with Crippen molar-refractivity contribution in [3.05, 3.63) is 99.0 Å². The second-order valence-electron chi connectivity index (χ2n) is 6.16. The van der Waals surface area contributed by atoms with Gasteiger partial charge in [0.15, 0.2) is 11.4 Å². The minimum Gasteiger partial charge on any atom is -0.494 e. The Balaban J connectivity index is 1.88. The molecule has 0 fully saturated rings. The lowest BCUT2D eigenvalue weighted by Gasteiger charge is -2.27. The highest BCUT2D eigenvalue weighted by atomic mass is 79.9. The highest BCUT2D eigenvalue weighted by Crippen LogP contribution is 2.33. The highest BCUT2D eigenvalue weighted by molar-refractivity contribution is 9.10. The van der Waals surface area contributed by atoms with Crippen molar-refractivity contribution in [2.24, 2.45) is 5.10 Å². The Morgan fingerprint density at radius 3 is 2.14 bits per heavy atom. The van der Waals surface area contributed by atoms with E-state index in [9.17, 15) is 9.90 Å². The van der Waals surface area contributed by atoms with Gasteiger partial charge in [0.2, 0.25) is 0 Å². The third-order valence-electron chi connectivity index (χ3n) is 4.32. The number of hydrogen-bond acceptors (Lipinski definition) is 4. The van der Waals surface area contributed by atoms with Crippen LogP contribution < -0.4 is 10.2 Å². The predicted molar refractivity (Wildman–Crippen MR) is 117 cm³/mol. The summed E-state index contributed by atoms with van der Waals surface area (Å²) < 4.78 is 5.85. The van der Waals surface area contributed by atoms with Crippen molar-refractivity contribution in [2.45, 2.75) is 5.60 Å². The zero-order chi connectivity index (χ0) is 20.9. The molecule has 0 bridgehead atoms. The number of nitrogens with zero attached hydrogens (tertiary/aromatic N) is 1. The fourth-order valence-electron chi connectivity index (χ4n) is 2.88. The summed E-state index contributed by atoms with van der Waals surface area (Å²) in [6, 6.07) is 20.8. The molecule has 3 aromatic rings. The topological polar surface area (TPSA) is 70.9 Å². The lowest BCUT2D eigenvalue weighted by Crippen LogP contribution is -2.43. The lowest BCUT2D eigenvalue weighted by atomic mass is 9.85. The second kappa shape index (κ2) is 9.22. The number of carbonyl (C=O) groups excluding carboxylic acids is 1. The maximum atomic E-state index is 13.0. The van der Waals surface area contributed by atoms with E-state index in [1.807, 2.05) is 12.1 Å². The molecule has 0 aliphatic carbocycles. The summed E-state index contributed by atoms with van der Waals surface area (Å²) in [6.45, 7) is 0. The number of ether oxygens (including phenoxy) is 1. The molecule has 1 amide bonds. The Morgan fingerprint density at radius 1 is 1.10 bits per heavy atom. The van der Waals surface area contributed by atoms with Crippen molar-refractivity contribution in [3.63, 3.8) is 0 Å². The predicted octanol–water partition coefficient (Wildman–Crippen LogP) is 4.50.